The van der Waals surface area contributed by atoms with E-state index in [2.05, 4.69) is 20.2 Å². The predicted octanol–water partition coefficient (Wildman–Crippen LogP) is 0.476. The van der Waals surface area contributed by atoms with E-state index >= 15 is 0 Å². The Morgan fingerprint density at radius 1 is 1.25 bits per heavy atom. The highest BCUT2D eigenvalue weighted by Gasteiger charge is 2.41. The first-order chi connectivity index (χ1) is 9.67. The molecule has 110 valence electrons. The smallest absolute Gasteiger partial charge is 0.227 e. The standard InChI is InChI=1S/C14H22N4O2/c1-2-15-13-3-4-16-14(17-13)18-7-9-5-11(19)12(20)6-10(9)8-18/h3-4,9-12,19-20H,2,5-8H2,1H3,(H,15,16,17)/t9-,10+,11+,12-. The highest BCUT2D eigenvalue weighted by atomic mass is 16.3. The van der Waals surface area contributed by atoms with Crippen LogP contribution in [-0.2, 0) is 0 Å². The van der Waals surface area contributed by atoms with Crippen molar-refractivity contribution in [2.24, 2.45) is 11.8 Å². The van der Waals surface area contributed by atoms with Crippen molar-refractivity contribution in [3.05, 3.63) is 12.3 Å². The van der Waals surface area contributed by atoms with Crippen LogP contribution in [0.15, 0.2) is 12.3 Å². The Hall–Kier alpha value is -1.40. The average molecular weight is 278 g/mol. The molecule has 2 aliphatic rings. The van der Waals surface area contributed by atoms with Crippen LogP contribution in [0, 0.1) is 11.8 Å². The number of anilines is 2. The fourth-order valence-corrected chi connectivity index (χ4v) is 3.35. The van der Waals surface area contributed by atoms with Crippen molar-refractivity contribution < 1.29 is 10.2 Å². The van der Waals surface area contributed by atoms with Crippen molar-refractivity contribution in [1.29, 1.82) is 0 Å². The van der Waals surface area contributed by atoms with Gasteiger partial charge in [0.2, 0.25) is 5.95 Å². The summed E-state index contributed by atoms with van der Waals surface area (Å²) in [7, 11) is 0. The maximum atomic E-state index is 9.79. The summed E-state index contributed by atoms with van der Waals surface area (Å²) in [6.07, 6.45) is 1.96. The lowest BCUT2D eigenvalue weighted by Gasteiger charge is -2.31. The minimum Gasteiger partial charge on any atom is -0.390 e. The number of nitrogens with zero attached hydrogens (tertiary/aromatic N) is 3. The zero-order valence-electron chi connectivity index (χ0n) is 11.7. The van der Waals surface area contributed by atoms with E-state index in [4.69, 9.17) is 0 Å². The molecular formula is C14H22N4O2. The molecule has 6 nitrogen and oxygen atoms in total. The van der Waals surface area contributed by atoms with Crippen molar-refractivity contribution in [2.45, 2.75) is 32.0 Å². The summed E-state index contributed by atoms with van der Waals surface area (Å²) in [5, 5.41) is 22.8. The van der Waals surface area contributed by atoms with Gasteiger partial charge in [-0.15, -0.1) is 0 Å². The average Bonchev–Trinajstić information content (AvgIpc) is 2.83. The van der Waals surface area contributed by atoms with Crippen LogP contribution in [0.4, 0.5) is 11.8 Å². The molecule has 20 heavy (non-hydrogen) atoms. The second-order valence-electron chi connectivity index (χ2n) is 5.80. The Morgan fingerprint density at radius 2 is 1.90 bits per heavy atom. The van der Waals surface area contributed by atoms with Crippen LogP contribution in [0.2, 0.25) is 0 Å². The van der Waals surface area contributed by atoms with E-state index in [9.17, 15) is 10.2 Å². The summed E-state index contributed by atoms with van der Waals surface area (Å²) in [5.41, 5.74) is 0. The van der Waals surface area contributed by atoms with Gasteiger partial charge in [0.15, 0.2) is 0 Å². The molecule has 0 bridgehead atoms. The second-order valence-corrected chi connectivity index (χ2v) is 5.80. The van der Waals surface area contributed by atoms with Crippen LogP contribution in [0.25, 0.3) is 0 Å². The maximum absolute atomic E-state index is 9.79. The van der Waals surface area contributed by atoms with E-state index < -0.39 is 12.2 Å². The van der Waals surface area contributed by atoms with Gasteiger partial charge in [-0.05, 0) is 37.7 Å². The Kier molecular flexibility index (Phi) is 3.76. The third-order valence-electron chi connectivity index (χ3n) is 4.39. The molecule has 0 unspecified atom stereocenters. The molecule has 0 radical (unpaired) electrons. The Labute approximate surface area is 118 Å². The van der Waals surface area contributed by atoms with Crippen LogP contribution < -0.4 is 10.2 Å². The summed E-state index contributed by atoms with van der Waals surface area (Å²) in [5.74, 6) is 2.44. The summed E-state index contributed by atoms with van der Waals surface area (Å²) < 4.78 is 0. The minimum absolute atomic E-state index is 0.430. The summed E-state index contributed by atoms with van der Waals surface area (Å²) >= 11 is 0. The normalized spacial score (nSPS) is 33.0. The van der Waals surface area contributed by atoms with Crippen LogP contribution in [0.3, 0.4) is 0 Å². The van der Waals surface area contributed by atoms with E-state index in [1.807, 2.05) is 13.0 Å². The third-order valence-corrected chi connectivity index (χ3v) is 4.39. The number of aromatic nitrogens is 2. The third kappa shape index (κ3) is 2.58. The summed E-state index contributed by atoms with van der Waals surface area (Å²) in [6, 6.07) is 1.86. The van der Waals surface area contributed by atoms with Gasteiger partial charge in [0.05, 0.1) is 12.2 Å². The molecule has 3 rings (SSSR count). The van der Waals surface area contributed by atoms with E-state index in [1.54, 1.807) is 6.20 Å². The quantitative estimate of drug-likeness (QED) is 0.746. The number of fused-ring (bicyclic) bond motifs is 1. The number of hydrogen-bond acceptors (Lipinski definition) is 6. The molecule has 2 fully saturated rings. The summed E-state index contributed by atoms with van der Waals surface area (Å²) in [4.78, 5) is 11.0. The van der Waals surface area contributed by atoms with Gasteiger partial charge >= 0.3 is 0 Å². The zero-order valence-corrected chi connectivity index (χ0v) is 11.7. The van der Waals surface area contributed by atoms with Crippen LogP contribution in [0.1, 0.15) is 19.8 Å². The molecular weight excluding hydrogens is 256 g/mol. The minimum atomic E-state index is -0.579. The van der Waals surface area contributed by atoms with Crippen molar-refractivity contribution in [2.75, 3.05) is 29.9 Å². The lowest BCUT2D eigenvalue weighted by molar-refractivity contribution is -0.0372. The molecule has 4 atom stereocenters. The predicted molar refractivity (Wildman–Crippen MR) is 76.6 cm³/mol. The van der Waals surface area contributed by atoms with E-state index in [0.29, 0.717) is 24.7 Å². The van der Waals surface area contributed by atoms with Gasteiger partial charge in [0.1, 0.15) is 5.82 Å². The van der Waals surface area contributed by atoms with Gasteiger partial charge in [-0.2, -0.15) is 4.98 Å². The van der Waals surface area contributed by atoms with Gasteiger partial charge in [0.25, 0.3) is 0 Å². The van der Waals surface area contributed by atoms with Gasteiger partial charge in [-0.3, -0.25) is 0 Å². The highest BCUT2D eigenvalue weighted by Crippen LogP contribution is 2.37. The van der Waals surface area contributed by atoms with Gasteiger partial charge in [-0.25, -0.2) is 4.98 Å². The first-order valence-electron chi connectivity index (χ1n) is 7.35. The number of aliphatic hydroxyl groups excluding tert-OH is 2. The number of nitrogens with one attached hydrogen (secondary N) is 1. The molecule has 0 amide bonds. The van der Waals surface area contributed by atoms with Crippen molar-refractivity contribution in [3.63, 3.8) is 0 Å². The number of hydrogen-bond donors (Lipinski definition) is 3. The largest absolute Gasteiger partial charge is 0.390 e. The van der Waals surface area contributed by atoms with Crippen LogP contribution in [-0.4, -0.2) is 52.0 Å². The topological polar surface area (TPSA) is 81.5 Å². The lowest BCUT2D eigenvalue weighted by atomic mass is 9.79. The van der Waals surface area contributed by atoms with Crippen molar-refractivity contribution in [3.8, 4) is 0 Å². The molecule has 2 heterocycles. The number of aliphatic hydroxyl groups is 2. The fraction of sp³-hybridized carbons (Fsp3) is 0.714. The second kappa shape index (κ2) is 5.54. The molecule has 1 saturated heterocycles. The summed E-state index contributed by atoms with van der Waals surface area (Å²) in [6.45, 7) is 4.60. The zero-order chi connectivity index (χ0) is 14.1. The van der Waals surface area contributed by atoms with E-state index in [1.165, 1.54) is 0 Å². The molecule has 6 heteroatoms. The molecule has 1 aliphatic carbocycles. The van der Waals surface area contributed by atoms with E-state index in [-0.39, 0.29) is 0 Å². The molecule has 0 spiro atoms. The first kappa shape index (κ1) is 13.6. The van der Waals surface area contributed by atoms with Gasteiger partial charge in [-0.1, -0.05) is 0 Å². The Morgan fingerprint density at radius 3 is 2.50 bits per heavy atom. The molecule has 1 saturated carbocycles. The monoisotopic (exact) mass is 278 g/mol. The molecule has 0 aromatic carbocycles. The maximum Gasteiger partial charge on any atom is 0.227 e. The molecule has 1 aromatic heterocycles. The van der Waals surface area contributed by atoms with Crippen molar-refractivity contribution >= 4 is 11.8 Å². The highest BCUT2D eigenvalue weighted by molar-refractivity contribution is 5.42. The van der Waals surface area contributed by atoms with Gasteiger partial charge in [0, 0.05) is 25.8 Å². The van der Waals surface area contributed by atoms with E-state index in [0.717, 1.165) is 31.4 Å². The number of rotatable bonds is 3. The molecule has 3 N–H and O–H groups in total. The fourth-order valence-electron chi connectivity index (χ4n) is 3.35. The Bertz CT molecular complexity index is 452. The van der Waals surface area contributed by atoms with Crippen LogP contribution in [0.5, 0.6) is 0 Å². The van der Waals surface area contributed by atoms with Crippen molar-refractivity contribution in [1.82, 2.24) is 9.97 Å². The lowest BCUT2D eigenvalue weighted by Crippen LogP contribution is -2.38. The SMILES string of the molecule is CCNc1ccnc(N2C[C@H]3C[C@H](O)[C@H](O)C[C@H]3C2)n1. The molecule has 1 aliphatic heterocycles. The Balaban J connectivity index is 1.72. The van der Waals surface area contributed by atoms with Gasteiger partial charge < -0.3 is 20.4 Å². The molecule has 1 aromatic rings. The van der Waals surface area contributed by atoms with Crippen LogP contribution >= 0.6 is 0 Å². The first-order valence-corrected chi connectivity index (χ1v) is 7.35.